The normalized spacial score (nSPS) is 10.8. The number of aromatic nitrogens is 2. The van der Waals surface area contributed by atoms with Crippen molar-refractivity contribution in [1.82, 2.24) is 10.2 Å². The monoisotopic (exact) mass is 236 g/mol. The van der Waals surface area contributed by atoms with E-state index in [0.717, 1.165) is 11.1 Å². The predicted octanol–water partition coefficient (Wildman–Crippen LogP) is 2.84. The maximum absolute atomic E-state index is 9.04. The van der Waals surface area contributed by atoms with Gasteiger partial charge in [-0.25, -0.2) is 0 Å². The smallest absolute Gasteiger partial charge is 0.111 e. The third-order valence-corrected chi connectivity index (χ3v) is 2.98. The number of nitrogens with one attached hydrogen (secondary N) is 1. The minimum absolute atomic E-state index is 0.128. The number of aliphatic hydroxyl groups excluding tert-OH is 1. The van der Waals surface area contributed by atoms with E-state index >= 15 is 0 Å². The Kier molecular flexibility index (Phi) is 2.99. The average Bonchev–Trinajstić information content (AvgIpc) is 2.60. The number of hydrogen-bond donors (Lipinski definition) is 2. The molecule has 0 bridgehead atoms. The highest BCUT2D eigenvalue weighted by atomic mass is 35.5. The fourth-order valence-corrected chi connectivity index (χ4v) is 1.97. The SMILES string of the molecule is Cc1ccc(-c2n[nH]c(CO)c2Cl)c(C)c1. The van der Waals surface area contributed by atoms with Gasteiger partial charge >= 0.3 is 0 Å². The zero-order valence-electron chi connectivity index (χ0n) is 9.21. The summed E-state index contributed by atoms with van der Waals surface area (Å²) < 4.78 is 0. The van der Waals surface area contributed by atoms with E-state index in [1.54, 1.807) is 0 Å². The van der Waals surface area contributed by atoms with Gasteiger partial charge in [-0.2, -0.15) is 5.10 Å². The summed E-state index contributed by atoms with van der Waals surface area (Å²) in [5.74, 6) is 0. The molecule has 0 aliphatic heterocycles. The number of aliphatic hydroxyl groups is 1. The predicted molar refractivity (Wildman–Crippen MR) is 64.4 cm³/mol. The molecule has 0 radical (unpaired) electrons. The van der Waals surface area contributed by atoms with Crippen LogP contribution < -0.4 is 0 Å². The standard InChI is InChI=1S/C12H13ClN2O/c1-7-3-4-9(8(2)5-7)12-11(13)10(6-16)14-15-12/h3-5,16H,6H2,1-2H3,(H,14,15). The molecule has 16 heavy (non-hydrogen) atoms. The van der Waals surface area contributed by atoms with Crippen LogP contribution in [0, 0.1) is 13.8 Å². The van der Waals surface area contributed by atoms with Crippen molar-refractivity contribution in [3.63, 3.8) is 0 Å². The molecule has 2 N–H and O–H groups in total. The molecule has 2 aromatic rings. The Balaban J connectivity index is 2.54. The molecule has 0 spiro atoms. The number of benzene rings is 1. The lowest BCUT2D eigenvalue weighted by Gasteiger charge is -2.04. The van der Waals surface area contributed by atoms with Crippen LogP contribution >= 0.6 is 11.6 Å². The number of rotatable bonds is 2. The Bertz CT molecular complexity index is 520. The third kappa shape index (κ3) is 1.84. The van der Waals surface area contributed by atoms with Gasteiger partial charge in [-0.1, -0.05) is 35.4 Å². The van der Waals surface area contributed by atoms with Crippen LogP contribution in [0.4, 0.5) is 0 Å². The minimum Gasteiger partial charge on any atom is -0.390 e. The van der Waals surface area contributed by atoms with Gasteiger partial charge in [0.25, 0.3) is 0 Å². The molecule has 0 saturated carbocycles. The molecule has 0 aliphatic carbocycles. The third-order valence-electron chi connectivity index (χ3n) is 2.57. The van der Waals surface area contributed by atoms with Gasteiger partial charge in [-0.3, -0.25) is 5.10 Å². The first-order valence-electron chi connectivity index (χ1n) is 5.04. The summed E-state index contributed by atoms with van der Waals surface area (Å²) in [5.41, 5.74) is 4.57. The Hall–Kier alpha value is -1.32. The van der Waals surface area contributed by atoms with Crippen LogP contribution in [0.15, 0.2) is 18.2 Å². The van der Waals surface area contributed by atoms with E-state index in [9.17, 15) is 0 Å². The van der Waals surface area contributed by atoms with Crippen molar-refractivity contribution in [2.45, 2.75) is 20.5 Å². The van der Waals surface area contributed by atoms with E-state index in [1.807, 2.05) is 26.0 Å². The average molecular weight is 237 g/mol. The summed E-state index contributed by atoms with van der Waals surface area (Å²) in [6.45, 7) is 3.94. The summed E-state index contributed by atoms with van der Waals surface area (Å²) in [7, 11) is 0. The van der Waals surface area contributed by atoms with Gasteiger partial charge in [-0.05, 0) is 19.4 Å². The van der Waals surface area contributed by atoms with E-state index in [1.165, 1.54) is 5.56 Å². The second-order valence-corrected chi connectivity index (χ2v) is 4.22. The molecular formula is C12H13ClN2O. The van der Waals surface area contributed by atoms with Crippen molar-refractivity contribution in [1.29, 1.82) is 0 Å². The van der Waals surface area contributed by atoms with Gasteiger partial charge in [-0.15, -0.1) is 0 Å². The molecule has 0 atom stereocenters. The van der Waals surface area contributed by atoms with Crippen LogP contribution in [0.1, 0.15) is 16.8 Å². The van der Waals surface area contributed by atoms with Gasteiger partial charge in [0.1, 0.15) is 5.69 Å². The molecule has 1 aromatic carbocycles. The maximum atomic E-state index is 9.04. The Morgan fingerprint density at radius 2 is 2.12 bits per heavy atom. The van der Waals surface area contributed by atoms with Gasteiger partial charge < -0.3 is 5.11 Å². The van der Waals surface area contributed by atoms with E-state index in [4.69, 9.17) is 16.7 Å². The van der Waals surface area contributed by atoms with Crippen LogP contribution in [-0.4, -0.2) is 15.3 Å². The quantitative estimate of drug-likeness (QED) is 0.843. The van der Waals surface area contributed by atoms with Gasteiger partial charge in [0, 0.05) is 5.56 Å². The van der Waals surface area contributed by atoms with Crippen LogP contribution in [0.5, 0.6) is 0 Å². The number of aryl methyl sites for hydroxylation is 2. The second-order valence-electron chi connectivity index (χ2n) is 3.84. The summed E-state index contributed by atoms with van der Waals surface area (Å²) in [6.07, 6.45) is 0. The van der Waals surface area contributed by atoms with Crippen molar-refractivity contribution < 1.29 is 5.11 Å². The Morgan fingerprint density at radius 1 is 1.38 bits per heavy atom. The van der Waals surface area contributed by atoms with Gasteiger partial charge in [0.2, 0.25) is 0 Å². The van der Waals surface area contributed by atoms with E-state index in [0.29, 0.717) is 16.4 Å². The van der Waals surface area contributed by atoms with Crippen LogP contribution in [0.25, 0.3) is 11.3 Å². The molecule has 2 rings (SSSR count). The zero-order chi connectivity index (χ0) is 11.7. The molecule has 0 amide bonds. The highest BCUT2D eigenvalue weighted by Gasteiger charge is 2.13. The fraction of sp³-hybridized carbons (Fsp3) is 0.250. The highest BCUT2D eigenvalue weighted by molar-refractivity contribution is 6.33. The molecule has 1 heterocycles. The molecule has 0 unspecified atom stereocenters. The molecule has 0 fully saturated rings. The summed E-state index contributed by atoms with van der Waals surface area (Å²) in [6, 6.07) is 6.10. The zero-order valence-corrected chi connectivity index (χ0v) is 9.97. The molecular weight excluding hydrogens is 224 g/mol. The molecule has 0 aliphatic rings. The molecule has 84 valence electrons. The first-order chi connectivity index (χ1) is 7.63. The van der Waals surface area contributed by atoms with E-state index in [-0.39, 0.29) is 6.61 Å². The first kappa shape index (κ1) is 11.2. The number of nitrogens with zero attached hydrogens (tertiary/aromatic N) is 1. The lowest BCUT2D eigenvalue weighted by molar-refractivity contribution is 0.277. The molecule has 3 nitrogen and oxygen atoms in total. The van der Waals surface area contributed by atoms with Crippen molar-refractivity contribution in [3.05, 3.63) is 40.0 Å². The first-order valence-corrected chi connectivity index (χ1v) is 5.42. The maximum Gasteiger partial charge on any atom is 0.111 e. The topological polar surface area (TPSA) is 48.9 Å². The van der Waals surface area contributed by atoms with Crippen molar-refractivity contribution in [2.24, 2.45) is 0 Å². The largest absolute Gasteiger partial charge is 0.390 e. The van der Waals surface area contributed by atoms with Gasteiger partial charge in [0.15, 0.2) is 0 Å². The number of H-pyrrole nitrogens is 1. The van der Waals surface area contributed by atoms with Crippen molar-refractivity contribution in [3.8, 4) is 11.3 Å². The Morgan fingerprint density at radius 3 is 2.69 bits per heavy atom. The molecule has 0 saturated heterocycles. The number of hydrogen-bond acceptors (Lipinski definition) is 2. The molecule has 1 aromatic heterocycles. The summed E-state index contributed by atoms with van der Waals surface area (Å²) in [5, 5.41) is 16.4. The second kappa shape index (κ2) is 4.28. The summed E-state index contributed by atoms with van der Waals surface area (Å²) >= 11 is 6.12. The number of aromatic amines is 1. The van der Waals surface area contributed by atoms with Crippen LogP contribution in [0.3, 0.4) is 0 Å². The van der Waals surface area contributed by atoms with Gasteiger partial charge in [0.05, 0.1) is 17.3 Å². The van der Waals surface area contributed by atoms with Crippen LogP contribution in [-0.2, 0) is 6.61 Å². The fourth-order valence-electron chi connectivity index (χ4n) is 1.73. The Labute approximate surface area is 99.1 Å². The van der Waals surface area contributed by atoms with Crippen molar-refractivity contribution >= 4 is 11.6 Å². The number of halogens is 1. The lowest BCUT2D eigenvalue weighted by Crippen LogP contribution is -1.86. The molecule has 4 heteroatoms. The van der Waals surface area contributed by atoms with E-state index in [2.05, 4.69) is 16.3 Å². The minimum atomic E-state index is -0.128. The van der Waals surface area contributed by atoms with Crippen molar-refractivity contribution in [2.75, 3.05) is 0 Å². The highest BCUT2D eigenvalue weighted by Crippen LogP contribution is 2.30. The van der Waals surface area contributed by atoms with E-state index < -0.39 is 0 Å². The lowest BCUT2D eigenvalue weighted by atomic mass is 10.0. The summed E-state index contributed by atoms with van der Waals surface area (Å²) in [4.78, 5) is 0. The van der Waals surface area contributed by atoms with Crippen LogP contribution in [0.2, 0.25) is 5.02 Å².